The Labute approximate surface area is 312 Å². The van der Waals surface area contributed by atoms with Crippen molar-refractivity contribution in [3.63, 3.8) is 0 Å². The molecule has 0 amide bonds. The molecule has 0 saturated heterocycles. The fraction of sp³-hybridized carbons (Fsp3) is 0.115. The molecule has 0 aliphatic heterocycles. The van der Waals surface area contributed by atoms with Gasteiger partial charge in [-0.1, -0.05) is 151 Å². The smallest absolute Gasteiger partial charge is 0.0723 e. The van der Waals surface area contributed by atoms with Crippen molar-refractivity contribution < 1.29 is 0 Å². The van der Waals surface area contributed by atoms with Crippen LogP contribution in [-0.2, 0) is 11.8 Å². The number of allylic oxidation sites excluding steroid dienone is 4. The number of para-hydroxylation sites is 2. The molecule has 12 rings (SSSR count). The van der Waals surface area contributed by atoms with Gasteiger partial charge in [0.15, 0.2) is 0 Å². The van der Waals surface area contributed by atoms with Gasteiger partial charge >= 0.3 is 0 Å². The molecule has 1 saturated carbocycles. The summed E-state index contributed by atoms with van der Waals surface area (Å²) in [6.07, 6.45) is 4.76. The maximum atomic E-state index is 2.63. The van der Waals surface area contributed by atoms with Gasteiger partial charge in [0.05, 0.1) is 5.41 Å². The average Bonchev–Trinajstić information content (AvgIpc) is 3.89. The Hall–Kier alpha value is -6.18. The van der Waals surface area contributed by atoms with E-state index in [-0.39, 0.29) is 5.41 Å². The third-order valence-corrected chi connectivity index (χ3v) is 12.3. The van der Waals surface area contributed by atoms with Gasteiger partial charge in [0, 0.05) is 23.0 Å². The van der Waals surface area contributed by atoms with Gasteiger partial charge < -0.3 is 4.90 Å². The quantitative estimate of drug-likeness (QED) is 0.180. The first-order valence-electron chi connectivity index (χ1n) is 19.0. The van der Waals surface area contributed by atoms with Crippen LogP contribution in [0.1, 0.15) is 45.4 Å². The topological polar surface area (TPSA) is 3.24 Å². The highest BCUT2D eigenvalue weighted by Gasteiger charge is 2.59. The predicted octanol–water partition coefficient (Wildman–Crippen LogP) is 12.7. The van der Waals surface area contributed by atoms with Gasteiger partial charge in [-0.3, -0.25) is 0 Å². The van der Waals surface area contributed by atoms with Gasteiger partial charge in [0.25, 0.3) is 0 Å². The fourth-order valence-corrected chi connectivity index (χ4v) is 9.99. The number of aryl methyl sites for hydroxylation is 1. The summed E-state index contributed by atoms with van der Waals surface area (Å²) in [6.45, 7) is 2.08. The van der Waals surface area contributed by atoms with Crippen LogP contribution < -0.4 is 4.90 Å². The molecule has 252 valence electrons. The van der Waals surface area contributed by atoms with Crippen molar-refractivity contribution in [1.29, 1.82) is 0 Å². The second kappa shape index (κ2) is 11.7. The maximum Gasteiger partial charge on any atom is 0.0723 e. The molecule has 1 fully saturated rings. The lowest BCUT2D eigenvalue weighted by molar-refractivity contribution is 0.766. The molecular weight excluding hydrogens is 639 g/mol. The zero-order valence-corrected chi connectivity index (χ0v) is 29.8. The van der Waals surface area contributed by atoms with E-state index in [0.717, 1.165) is 6.42 Å². The molecule has 1 spiro atoms. The van der Waals surface area contributed by atoms with Gasteiger partial charge in [0.2, 0.25) is 0 Å². The van der Waals surface area contributed by atoms with Crippen molar-refractivity contribution in [2.75, 3.05) is 4.90 Å². The first-order chi connectivity index (χ1) is 26.2. The van der Waals surface area contributed by atoms with Crippen LogP contribution in [0.2, 0.25) is 0 Å². The van der Waals surface area contributed by atoms with E-state index in [1.54, 1.807) is 5.57 Å². The molecule has 4 bridgehead atoms. The molecule has 1 nitrogen and oxygen atoms in total. The molecule has 0 N–H and O–H groups in total. The minimum absolute atomic E-state index is 0.341. The van der Waals surface area contributed by atoms with E-state index in [0.29, 0.717) is 11.8 Å². The van der Waals surface area contributed by atoms with Gasteiger partial charge in [-0.25, -0.2) is 0 Å². The highest BCUT2D eigenvalue weighted by atomic mass is 15.2. The summed E-state index contributed by atoms with van der Waals surface area (Å²) >= 11 is 0. The molecule has 3 unspecified atom stereocenters. The van der Waals surface area contributed by atoms with Crippen molar-refractivity contribution in [2.24, 2.45) is 11.8 Å². The van der Waals surface area contributed by atoms with Crippen LogP contribution in [0.5, 0.6) is 0 Å². The molecule has 7 aromatic rings. The maximum absolute atomic E-state index is 2.63. The van der Waals surface area contributed by atoms with Crippen LogP contribution >= 0.6 is 0 Å². The van der Waals surface area contributed by atoms with E-state index in [2.05, 4.69) is 176 Å². The largest absolute Gasteiger partial charge is 0.314 e. The van der Waals surface area contributed by atoms with Crippen LogP contribution in [0.25, 0.3) is 27.8 Å². The van der Waals surface area contributed by atoms with E-state index in [1.165, 1.54) is 90.3 Å². The van der Waals surface area contributed by atoms with E-state index in [9.17, 15) is 0 Å². The number of hydrogen-bond donors (Lipinski definition) is 0. The molecular formula is C52H39N. The van der Waals surface area contributed by atoms with Crippen molar-refractivity contribution in [3.8, 4) is 22.3 Å². The Kier molecular flexibility index (Phi) is 6.70. The van der Waals surface area contributed by atoms with Gasteiger partial charge in [-0.15, -0.1) is 0 Å². The van der Waals surface area contributed by atoms with Crippen LogP contribution in [0, 0.1) is 18.8 Å². The number of nitrogens with zero attached hydrogens (tertiary/aromatic N) is 1. The molecule has 5 aliphatic rings. The first kappa shape index (κ1) is 30.4. The molecule has 5 aliphatic carbocycles. The van der Waals surface area contributed by atoms with Gasteiger partial charge in [0.1, 0.15) is 0 Å². The number of fused-ring (bicyclic) bond motifs is 9. The minimum Gasteiger partial charge on any atom is -0.314 e. The summed E-state index contributed by atoms with van der Waals surface area (Å²) in [4.78, 5) is 2.54. The predicted molar refractivity (Wildman–Crippen MR) is 219 cm³/mol. The normalized spacial score (nSPS) is 20.1. The molecule has 0 aromatic heterocycles. The second-order valence-corrected chi connectivity index (χ2v) is 15.3. The van der Waals surface area contributed by atoms with E-state index >= 15 is 0 Å². The lowest BCUT2D eigenvalue weighted by atomic mass is 9.68. The van der Waals surface area contributed by atoms with Crippen LogP contribution in [0.3, 0.4) is 0 Å². The molecule has 0 radical (unpaired) electrons. The standard InChI is InChI=1S/C45H31N.C7H8/c1-3-12-31(13-4-1)46(32-14-5-2-6-15-32)43-27-42-44(38-26-37(38)43)36-21-19-28-23-29-11-7-8-16-33(29)30-20-22-35-34-17-9-10-18-39(34)45(42,40(36)24-28)41(35)25-30;1-7-5-3-2-4-6-7/h1-22,24-25,27,37-38H,23,26H2;2-6H,1H3. The van der Waals surface area contributed by atoms with Crippen molar-refractivity contribution in [2.45, 2.75) is 25.2 Å². The molecule has 7 aromatic carbocycles. The van der Waals surface area contributed by atoms with Gasteiger partial charge in [-0.2, -0.15) is 0 Å². The summed E-state index contributed by atoms with van der Waals surface area (Å²) < 4.78 is 0. The van der Waals surface area contributed by atoms with Crippen molar-refractivity contribution >= 4 is 16.9 Å². The van der Waals surface area contributed by atoms with Crippen LogP contribution in [-0.4, -0.2) is 0 Å². The summed E-state index contributed by atoms with van der Waals surface area (Å²) in [6, 6.07) is 65.2. The van der Waals surface area contributed by atoms with E-state index < -0.39 is 0 Å². The van der Waals surface area contributed by atoms with Crippen molar-refractivity contribution in [1.82, 2.24) is 0 Å². The molecule has 53 heavy (non-hydrogen) atoms. The zero-order valence-electron chi connectivity index (χ0n) is 29.8. The lowest BCUT2D eigenvalue weighted by Gasteiger charge is -2.36. The number of rotatable bonds is 3. The Balaban J connectivity index is 0.000000428. The van der Waals surface area contributed by atoms with Crippen LogP contribution in [0.15, 0.2) is 193 Å². The Bertz CT molecular complexity index is 2590. The minimum atomic E-state index is -0.341. The highest BCUT2D eigenvalue weighted by molar-refractivity contribution is 5.99. The van der Waals surface area contributed by atoms with Crippen molar-refractivity contribution in [3.05, 3.63) is 232 Å². The summed E-state index contributed by atoms with van der Waals surface area (Å²) in [5, 5.41) is 0. The zero-order chi connectivity index (χ0) is 35.1. The highest BCUT2D eigenvalue weighted by Crippen LogP contribution is 2.70. The van der Waals surface area contributed by atoms with Crippen LogP contribution in [0.4, 0.5) is 11.4 Å². The molecule has 1 heteroatoms. The molecule has 0 heterocycles. The summed E-state index contributed by atoms with van der Waals surface area (Å²) in [5.41, 5.74) is 21.9. The Morgan fingerprint density at radius 3 is 1.83 bits per heavy atom. The summed E-state index contributed by atoms with van der Waals surface area (Å²) in [5.74, 6) is 1.03. The van der Waals surface area contributed by atoms with Gasteiger partial charge in [-0.05, 0) is 129 Å². The third-order valence-electron chi connectivity index (χ3n) is 12.3. The number of benzene rings is 7. The Morgan fingerprint density at radius 1 is 0.509 bits per heavy atom. The SMILES string of the molecule is C1=C(N(c2ccccc2)c2ccccc2)C2CC2C2=C1C13c4cc(ccc42)Cc2ccccc2-c2ccc(c1c2)-c1ccccc13.Cc1ccccc1. The fourth-order valence-electron chi connectivity index (χ4n) is 9.99. The monoisotopic (exact) mass is 677 g/mol. The van der Waals surface area contributed by atoms with E-state index in [1.807, 2.05) is 18.2 Å². The number of hydrogen-bond acceptors (Lipinski definition) is 1. The van der Waals surface area contributed by atoms with E-state index in [4.69, 9.17) is 0 Å². The third kappa shape index (κ3) is 4.50. The lowest BCUT2D eigenvalue weighted by Crippen LogP contribution is -2.29. The summed E-state index contributed by atoms with van der Waals surface area (Å²) in [7, 11) is 0. The second-order valence-electron chi connectivity index (χ2n) is 15.3. The number of anilines is 2. The molecule has 3 atom stereocenters. The Morgan fingerprint density at radius 2 is 1.11 bits per heavy atom. The first-order valence-corrected chi connectivity index (χ1v) is 19.0. The average molecular weight is 678 g/mol.